The highest BCUT2D eigenvalue weighted by Crippen LogP contribution is 2.23. The summed E-state index contributed by atoms with van der Waals surface area (Å²) in [6.45, 7) is 2.36. The molecule has 1 fully saturated rings. The van der Waals surface area contributed by atoms with Gasteiger partial charge >= 0.3 is 0 Å². The number of hydrogen-bond acceptors (Lipinski definition) is 7. The quantitative estimate of drug-likeness (QED) is 0.228. The second-order valence-corrected chi connectivity index (χ2v) is 11.4. The fraction of sp³-hybridized carbons (Fsp3) is 0.371. The molecule has 1 saturated heterocycles. The number of imide groups is 1. The Morgan fingerprint density at radius 3 is 2.00 bits per heavy atom. The molecule has 0 aliphatic carbocycles. The first kappa shape index (κ1) is 33.4. The molecule has 4 rings (SSSR count). The third kappa shape index (κ3) is 8.55. The summed E-state index contributed by atoms with van der Waals surface area (Å²) in [4.78, 5) is 59.7. The van der Waals surface area contributed by atoms with E-state index in [1.54, 1.807) is 19.1 Å². The molecule has 1 aliphatic rings. The number of likely N-dealkylation sites (N-methyl/N-ethyl adjacent to an activating group) is 1. The summed E-state index contributed by atoms with van der Waals surface area (Å²) in [5, 5.41) is 12.6. The lowest BCUT2D eigenvalue weighted by atomic mass is 9.99. The van der Waals surface area contributed by atoms with Gasteiger partial charge in [0.25, 0.3) is 5.91 Å². The Labute approximate surface area is 264 Å². The van der Waals surface area contributed by atoms with Crippen molar-refractivity contribution >= 4 is 23.6 Å². The Bertz CT molecular complexity index is 1430. The Morgan fingerprint density at radius 2 is 1.42 bits per heavy atom. The smallest absolute Gasteiger partial charge is 0.252 e. The minimum Gasteiger partial charge on any atom is -0.508 e. The predicted molar refractivity (Wildman–Crippen MR) is 172 cm³/mol. The number of nitrogens with one attached hydrogen (secondary N) is 1. The van der Waals surface area contributed by atoms with Gasteiger partial charge in [0.05, 0.1) is 6.04 Å². The molecule has 45 heavy (non-hydrogen) atoms. The summed E-state index contributed by atoms with van der Waals surface area (Å²) in [7, 11) is 0. The average molecular weight is 614 g/mol. The molecule has 3 aromatic rings. The number of unbranched alkanes of at least 4 members (excludes halogenated alkanes) is 1. The molecular weight excluding hydrogens is 570 g/mol. The van der Waals surface area contributed by atoms with Gasteiger partial charge in [-0.05, 0) is 68.0 Å². The molecule has 1 heterocycles. The van der Waals surface area contributed by atoms with Gasteiger partial charge in [-0.2, -0.15) is 0 Å². The van der Waals surface area contributed by atoms with Crippen LogP contribution >= 0.6 is 0 Å². The molecule has 0 radical (unpaired) electrons. The third-order valence-corrected chi connectivity index (χ3v) is 8.18. The fourth-order valence-electron chi connectivity index (χ4n) is 5.80. The van der Waals surface area contributed by atoms with Crippen LogP contribution in [0.2, 0.25) is 0 Å². The zero-order valence-corrected chi connectivity index (χ0v) is 25.7. The average Bonchev–Trinajstić information content (AvgIpc) is 3.07. The summed E-state index contributed by atoms with van der Waals surface area (Å²) in [5.41, 5.74) is 14.6. The van der Waals surface area contributed by atoms with E-state index in [1.165, 1.54) is 17.0 Å². The lowest BCUT2D eigenvalue weighted by molar-refractivity contribution is -0.157. The Kier molecular flexibility index (Phi) is 11.8. The van der Waals surface area contributed by atoms with Crippen molar-refractivity contribution in [2.24, 2.45) is 11.5 Å². The van der Waals surface area contributed by atoms with Crippen molar-refractivity contribution in [3.8, 4) is 5.75 Å². The van der Waals surface area contributed by atoms with Crippen molar-refractivity contribution in [2.45, 2.75) is 69.6 Å². The molecule has 0 aromatic heterocycles. The molecule has 6 N–H and O–H groups in total. The van der Waals surface area contributed by atoms with E-state index in [-0.39, 0.29) is 38.0 Å². The summed E-state index contributed by atoms with van der Waals surface area (Å²) >= 11 is 0. The van der Waals surface area contributed by atoms with Gasteiger partial charge in [-0.25, -0.2) is 0 Å². The normalized spacial score (nSPS) is 19.8. The Hall–Kier alpha value is -4.54. The van der Waals surface area contributed by atoms with E-state index in [1.807, 2.05) is 60.7 Å². The van der Waals surface area contributed by atoms with E-state index in [0.29, 0.717) is 24.9 Å². The largest absolute Gasteiger partial charge is 0.508 e. The maximum Gasteiger partial charge on any atom is 0.252 e. The molecule has 0 bridgehead atoms. The number of amides is 4. The third-order valence-electron chi connectivity index (χ3n) is 8.18. The van der Waals surface area contributed by atoms with Crippen molar-refractivity contribution in [3.05, 3.63) is 102 Å². The van der Waals surface area contributed by atoms with Crippen LogP contribution in [0.5, 0.6) is 5.75 Å². The van der Waals surface area contributed by atoms with Crippen LogP contribution in [0.3, 0.4) is 0 Å². The van der Waals surface area contributed by atoms with Crippen molar-refractivity contribution in [3.63, 3.8) is 0 Å². The van der Waals surface area contributed by atoms with Crippen molar-refractivity contribution in [1.29, 1.82) is 0 Å². The summed E-state index contributed by atoms with van der Waals surface area (Å²) in [5.74, 6) is -2.26. The van der Waals surface area contributed by atoms with Gasteiger partial charge in [-0.15, -0.1) is 0 Å². The number of hydrogen-bond donors (Lipinski definition) is 4. The van der Waals surface area contributed by atoms with Crippen molar-refractivity contribution < 1.29 is 24.3 Å². The lowest BCUT2D eigenvalue weighted by Crippen LogP contribution is -2.60. The minimum absolute atomic E-state index is 0.0728. The minimum atomic E-state index is -1.17. The molecule has 10 nitrogen and oxygen atoms in total. The van der Waals surface area contributed by atoms with Gasteiger partial charge in [0.1, 0.15) is 23.9 Å². The van der Waals surface area contributed by atoms with Crippen LogP contribution in [0.25, 0.3) is 0 Å². The topological polar surface area (TPSA) is 159 Å². The molecule has 4 atom stereocenters. The zero-order chi connectivity index (χ0) is 32.3. The number of aromatic hydroxyl groups is 1. The number of rotatable bonds is 12. The molecule has 10 heteroatoms. The monoisotopic (exact) mass is 613 g/mol. The standard InChI is InChI=1S/C35H43N5O5/c1-2-39-31(23-25-13-7-4-8-14-25)32(42)38-29(22-24-11-5-3-6-12-24)34(44)40(30(35(39)45)15-9-10-20-36)33(43)28(37)21-26-16-18-27(41)19-17-26/h3-8,11-14,16-19,28-31,41H,2,9-10,15,20-23,36-37H2,1H3,(H,38,42)/t28-,29-,30+,31-/m0/s1. The van der Waals surface area contributed by atoms with Crippen molar-refractivity contribution in [2.75, 3.05) is 13.1 Å². The summed E-state index contributed by atoms with van der Waals surface area (Å²) < 4.78 is 0. The molecule has 3 aromatic carbocycles. The molecule has 0 unspecified atom stereocenters. The number of benzene rings is 3. The number of carbonyl (C=O) groups excluding carboxylic acids is 4. The number of phenolic OH excluding ortho intramolecular Hbond substituents is 1. The first-order valence-electron chi connectivity index (χ1n) is 15.5. The molecule has 1 aliphatic heterocycles. The van der Waals surface area contributed by atoms with Crippen LogP contribution in [0.15, 0.2) is 84.9 Å². The van der Waals surface area contributed by atoms with Crippen LogP contribution in [0.1, 0.15) is 42.9 Å². The number of phenols is 1. The van der Waals surface area contributed by atoms with Crippen molar-refractivity contribution in [1.82, 2.24) is 15.1 Å². The fourth-order valence-corrected chi connectivity index (χ4v) is 5.80. The van der Waals surface area contributed by atoms with Crippen LogP contribution in [-0.2, 0) is 38.4 Å². The van der Waals surface area contributed by atoms with E-state index in [4.69, 9.17) is 11.5 Å². The first-order valence-corrected chi connectivity index (χ1v) is 15.5. The number of nitrogens with two attached hydrogens (primary N) is 2. The molecule has 0 saturated carbocycles. The molecular formula is C35H43N5O5. The molecule has 0 spiro atoms. The van der Waals surface area contributed by atoms with Crippen LogP contribution in [0, 0.1) is 0 Å². The highest BCUT2D eigenvalue weighted by atomic mass is 16.3. The maximum absolute atomic E-state index is 14.5. The van der Waals surface area contributed by atoms with Gasteiger partial charge < -0.3 is 26.8 Å². The second kappa shape index (κ2) is 16.0. The van der Waals surface area contributed by atoms with Gasteiger partial charge in [-0.1, -0.05) is 72.8 Å². The molecule has 238 valence electrons. The van der Waals surface area contributed by atoms with Crippen LogP contribution in [0.4, 0.5) is 0 Å². The SMILES string of the molecule is CCN1C(=O)[C@@H](CCCCN)N(C(=O)[C@@H](N)Cc2ccc(O)cc2)C(=O)[C@H](Cc2ccccc2)NC(=O)[C@@H]1Cc1ccccc1. The van der Waals surface area contributed by atoms with E-state index >= 15 is 0 Å². The molecule has 4 amide bonds. The van der Waals surface area contributed by atoms with E-state index in [0.717, 1.165) is 16.0 Å². The Balaban J connectivity index is 1.79. The van der Waals surface area contributed by atoms with Gasteiger partial charge in [0, 0.05) is 19.4 Å². The second-order valence-electron chi connectivity index (χ2n) is 11.4. The first-order chi connectivity index (χ1) is 21.7. The summed E-state index contributed by atoms with van der Waals surface area (Å²) in [6, 6.07) is 20.5. The van der Waals surface area contributed by atoms with Gasteiger partial charge in [-0.3, -0.25) is 24.1 Å². The van der Waals surface area contributed by atoms with Gasteiger partial charge in [0.15, 0.2) is 0 Å². The lowest BCUT2D eigenvalue weighted by Gasteiger charge is -2.36. The van der Waals surface area contributed by atoms with E-state index in [2.05, 4.69) is 5.32 Å². The summed E-state index contributed by atoms with van der Waals surface area (Å²) in [6.07, 6.45) is 1.70. The number of nitrogens with zero attached hydrogens (tertiary/aromatic N) is 2. The highest BCUT2D eigenvalue weighted by molar-refractivity contribution is 6.06. The zero-order valence-electron chi connectivity index (χ0n) is 25.7. The maximum atomic E-state index is 14.5. The van der Waals surface area contributed by atoms with Crippen LogP contribution in [-0.4, -0.2) is 75.8 Å². The number of carbonyl (C=O) groups is 4. The van der Waals surface area contributed by atoms with E-state index < -0.39 is 47.8 Å². The van der Waals surface area contributed by atoms with Crippen LogP contribution < -0.4 is 16.8 Å². The van der Waals surface area contributed by atoms with Gasteiger partial charge in [0.2, 0.25) is 17.7 Å². The van der Waals surface area contributed by atoms with E-state index in [9.17, 15) is 24.3 Å². The predicted octanol–water partition coefficient (Wildman–Crippen LogP) is 2.32. The Morgan fingerprint density at radius 1 is 0.822 bits per heavy atom. The highest BCUT2D eigenvalue weighted by Gasteiger charge is 2.45.